The largest absolute Gasteiger partial charge is 0.495 e. The summed E-state index contributed by atoms with van der Waals surface area (Å²) >= 11 is 6.05. The van der Waals surface area contributed by atoms with Crippen LogP contribution in [0.15, 0.2) is 48.2 Å². The molecule has 2 aromatic rings. The lowest BCUT2D eigenvalue weighted by Gasteiger charge is -2.12. The number of anilines is 2. The first-order valence-electron chi connectivity index (χ1n) is 8.10. The highest BCUT2D eigenvalue weighted by molar-refractivity contribution is 6.32. The van der Waals surface area contributed by atoms with Crippen molar-refractivity contribution in [2.45, 2.75) is 20.3 Å². The minimum atomic E-state index is -0.520. The molecule has 0 saturated carbocycles. The van der Waals surface area contributed by atoms with Gasteiger partial charge < -0.3 is 15.4 Å². The van der Waals surface area contributed by atoms with E-state index in [1.807, 2.05) is 31.2 Å². The number of ether oxygens (including phenoxy) is 1. The van der Waals surface area contributed by atoms with Gasteiger partial charge in [0.2, 0.25) is 0 Å². The van der Waals surface area contributed by atoms with Crippen LogP contribution in [0, 0.1) is 18.3 Å². The van der Waals surface area contributed by atoms with Crippen molar-refractivity contribution in [3.8, 4) is 11.8 Å². The highest BCUT2D eigenvalue weighted by atomic mass is 35.5. The summed E-state index contributed by atoms with van der Waals surface area (Å²) in [6, 6.07) is 12.7. The molecule has 0 bridgehead atoms. The Morgan fingerprint density at radius 2 is 2.12 bits per heavy atom. The molecular formula is C20H20ClN3O2. The number of nitrogens with zero attached hydrogens (tertiary/aromatic N) is 1. The van der Waals surface area contributed by atoms with Crippen LogP contribution in [0.1, 0.15) is 18.1 Å². The van der Waals surface area contributed by atoms with Gasteiger partial charge in [-0.25, -0.2) is 0 Å². The highest BCUT2D eigenvalue weighted by Gasteiger charge is 2.11. The van der Waals surface area contributed by atoms with Gasteiger partial charge >= 0.3 is 0 Å². The molecule has 0 aliphatic carbocycles. The summed E-state index contributed by atoms with van der Waals surface area (Å²) < 4.78 is 5.08. The zero-order valence-corrected chi connectivity index (χ0v) is 15.6. The maximum absolute atomic E-state index is 12.4. The minimum Gasteiger partial charge on any atom is -0.495 e. The standard InChI is InChI=1S/C20H20ClN3O2/c1-4-14-7-5-6-13(2)19(14)23-12-15(11-22)20(25)24-16-8-9-18(26-3)17(21)10-16/h5-10,12,23H,4H2,1-3H3,(H,24,25)/b15-12-. The fourth-order valence-electron chi connectivity index (χ4n) is 2.47. The fourth-order valence-corrected chi connectivity index (χ4v) is 2.72. The number of rotatable bonds is 6. The summed E-state index contributed by atoms with van der Waals surface area (Å²) in [5.74, 6) is -0.0121. The molecule has 0 radical (unpaired) electrons. The van der Waals surface area contributed by atoms with E-state index in [1.54, 1.807) is 18.2 Å². The lowest BCUT2D eigenvalue weighted by Crippen LogP contribution is -2.14. The molecule has 2 N–H and O–H groups in total. The fraction of sp³-hybridized carbons (Fsp3) is 0.200. The molecule has 2 rings (SSSR count). The van der Waals surface area contributed by atoms with E-state index in [9.17, 15) is 10.1 Å². The maximum Gasteiger partial charge on any atom is 0.267 e. The molecule has 0 aliphatic heterocycles. The first-order valence-corrected chi connectivity index (χ1v) is 8.48. The lowest BCUT2D eigenvalue weighted by molar-refractivity contribution is -0.112. The Balaban J connectivity index is 2.18. The van der Waals surface area contributed by atoms with Gasteiger partial charge in [0.05, 0.1) is 12.1 Å². The topological polar surface area (TPSA) is 74.2 Å². The van der Waals surface area contributed by atoms with E-state index < -0.39 is 5.91 Å². The molecule has 0 unspecified atom stereocenters. The van der Waals surface area contributed by atoms with E-state index in [0.717, 1.165) is 23.2 Å². The van der Waals surface area contributed by atoms with E-state index in [2.05, 4.69) is 17.6 Å². The van der Waals surface area contributed by atoms with Gasteiger partial charge in [0.25, 0.3) is 5.91 Å². The molecule has 26 heavy (non-hydrogen) atoms. The molecular weight excluding hydrogens is 350 g/mol. The van der Waals surface area contributed by atoms with Crippen LogP contribution in [0.25, 0.3) is 0 Å². The highest BCUT2D eigenvalue weighted by Crippen LogP contribution is 2.27. The number of hydrogen-bond acceptors (Lipinski definition) is 4. The Bertz CT molecular complexity index is 885. The minimum absolute atomic E-state index is 0.0396. The van der Waals surface area contributed by atoms with E-state index in [-0.39, 0.29) is 5.57 Å². The molecule has 0 saturated heterocycles. The second-order valence-electron chi connectivity index (χ2n) is 5.58. The van der Waals surface area contributed by atoms with Gasteiger partial charge in [-0.15, -0.1) is 0 Å². The van der Waals surface area contributed by atoms with E-state index >= 15 is 0 Å². The number of methoxy groups -OCH3 is 1. The third-order valence-corrected chi connectivity index (χ3v) is 4.17. The third kappa shape index (κ3) is 4.56. The Kier molecular flexibility index (Phi) is 6.65. The lowest BCUT2D eigenvalue weighted by atomic mass is 10.1. The molecule has 2 aromatic carbocycles. The van der Waals surface area contributed by atoms with E-state index in [1.165, 1.54) is 13.3 Å². The van der Waals surface area contributed by atoms with Gasteiger partial charge in [0.1, 0.15) is 17.4 Å². The van der Waals surface area contributed by atoms with Crippen LogP contribution in [-0.4, -0.2) is 13.0 Å². The van der Waals surface area contributed by atoms with Gasteiger partial charge in [-0.3, -0.25) is 4.79 Å². The van der Waals surface area contributed by atoms with Crippen LogP contribution in [0.3, 0.4) is 0 Å². The van der Waals surface area contributed by atoms with Gasteiger partial charge in [0.15, 0.2) is 0 Å². The van der Waals surface area contributed by atoms with Crippen molar-refractivity contribution in [2.24, 2.45) is 0 Å². The number of nitrogens with one attached hydrogen (secondary N) is 2. The Hall–Kier alpha value is -2.97. The molecule has 0 aliphatic rings. The molecule has 0 heterocycles. The summed E-state index contributed by atoms with van der Waals surface area (Å²) in [6.45, 7) is 4.02. The van der Waals surface area contributed by atoms with Crippen molar-refractivity contribution in [1.29, 1.82) is 5.26 Å². The molecule has 134 valence electrons. The number of halogens is 1. The smallest absolute Gasteiger partial charge is 0.267 e. The van der Waals surface area contributed by atoms with Crippen LogP contribution in [-0.2, 0) is 11.2 Å². The van der Waals surface area contributed by atoms with Gasteiger partial charge in [-0.1, -0.05) is 36.7 Å². The van der Waals surface area contributed by atoms with Crippen LogP contribution in [0.2, 0.25) is 5.02 Å². The molecule has 0 fully saturated rings. The molecule has 1 amide bonds. The Morgan fingerprint density at radius 1 is 1.35 bits per heavy atom. The first-order chi connectivity index (χ1) is 12.5. The normalized spacial score (nSPS) is 10.8. The number of nitriles is 1. The van der Waals surface area contributed by atoms with Crippen LogP contribution in [0.5, 0.6) is 5.75 Å². The number of para-hydroxylation sites is 1. The van der Waals surface area contributed by atoms with Gasteiger partial charge in [-0.05, 0) is 42.7 Å². The number of carbonyl (C=O) groups excluding carboxylic acids is 1. The van der Waals surface area contributed by atoms with E-state index in [4.69, 9.17) is 16.3 Å². The average Bonchev–Trinajstić information content (AvgIpc) is 2.63. The quantitative estimate of drug-likeness (QED) is 0.572. The average molecular weight is 370 g/mol. The molecule has 0 aromatic heterocycles. The number of carbonyl (C=O) groups is 1. The molecule has 6 heteroatoms. The number of amides is 1. The molecule has 5 nitrogen and oxygen atoms in total. The van der Waals surface area contributed by atoms with Crippen LogP contribution in [0.4, 0.5) is 11.4 Å². The predicted molar refractivity (Wildman–Crippen MR) is 105 cm³/mol. The van der Waals surface area contributed by atoms with Crippen molar-refractivity contribution in [3.05, 3.63) is 64.3 Å². The van der Waals surface area contributed by atoms with Gasteiger partial charge in [0, 0.05) is 17.6 Å². The summed E-state index contributed by atoms with van der Waals surface area (Å²) in [6.07, 6.45) is 2.26. The van der Waals surface area contributed by atoms with Crippen molar-refractivity contribution >= 4 is 28.9 Å². The SMILES string of the molecule is CCc1cccc(C)c1N/C=C(/C#N)C(=O)Nc1ccc(OC)c(Cl)c1. The Morgan fingerprint density at radius 3 is 2.73 bits per heavy atom. The van der Waals surface area contributed by atoms with Crippen molar-refractivity contribution in [2.75, 3.05) is 17.7 Å². The van der Waals surface area contributed by atoms with Gasteiger partial charge in [-0.2, -0.15) is 5.26 Å². The van der Waals surface area contributed by atoms with Crippen molar-refractivity contribution in [1.82, 2.24) is 0 Å². The zero-order valence-electron chi connectivity index (χ0n) is 14.9. The van der Waals surface area contributed by atoms with E-state index in [0.29, 0.717) is 16.5 Å². The van der Waals surface area contributed by atoms with Crippen molar-refractivity contribution < 1.29 is 9.53 Å². The second kappa shape index (κ2) is 8.93. The second-order valence-corrected chi connectivity index (χ2v) is 5.99. The zero-order chi connectivity index (χ0) is 19.1. The maximum atomic E-state index is 12.4. The summed E-state index contributed by atoms with van der Waals surface area (Å²) in [5, 5.41) is 15.4. The number of benzene rings is 2. The predicted octanol–water partition coefficient (Wildman–Crippen LogP) is 4.68. The summed E-state index contributed by atoms with van der Waals surface area (Å²) in [5.41, 5.74) is 3.50. The first kappa shape index (κ1) is 19.4. The van der Waals surface area contributed by atoms with Crippen LogP contribution < -0.4 is 15.4 Å². The summed E-state index contributed by atoms with van der Waals surface area (Å²) in [4.78, 5) is 12.4. The molecule has 0 atom stereocenters. The van der Waals surface area contributed by atoms with Crippen LogP contribution >= 0.6 is 11.6 Å². The Labute approximate surface area is 158 Å². The third-order valence-electron chi connectivity index (χ3n) is 3.88. The monoisotopic (exact) mass is 369 g/mol. The van der Waals surface area contributed by atoms with Crippen molar-refractivity contribution in [3.63, 3.8) is 0 Å². The molecule has 0 spiro atoms. The summed E-state index contributed by atoms with van der Waals surface area (Å²) in [7, 11) is 1.51. The number of hydrogen-bond donors (Lipinski definition) is 2. The number of aryl methyl sites for hydroxylation is 2.